The van der Waals surface area contributed by atoms with Gasteiger partial charge in [0.2, 0.25) is 0 Å². The topological polar surface area (TPSA) is 0 Å². The molecule has 1 aromatic carbocycles. The van der Waals surface area contributed by atoms with Crippen molar-refractivity contribution in [2.75, 3.05) is 0 Å². The van der Waals surface area contributed by atoms with Crippen molar-refractivity contribution in [1.29, 1.82) is 0 Å². The van der Waals surface area contributed by atoms with Gasteiger partial charge in [-0.25, -0.2) is 0 Å². The average Bonchev–Trinajstić information content (AvgIpc) is 2.80. The molecule has 0 saturated carbocycles. The molecule has 2 rings (SSSR count). The highest BCUT2D eigenvalue weighted by molar-refractivity contribution is 8.93. The van der Waals surface area contributed by atoms with Gasteiger partial charge in [-0.15, -0.1) is 28.3 Å². The molecule has 0 saturated heterocycles. The van der Waals surface area contributed by atoms with Crippen molar-refractivity contribution < 1.29 is 0 Å². The summed E-state index contributed by atoms with van der Waals surface area (Å²) in [6, 6.07) is 9.29. The van der Waals surface area contributed by atoms with Gasteiger partial charge in [-0.1, -0.05) is 25.1 Å². The Balaban J connectivity index is 0.00000200. The molecule has 20 heavy (non-hydrogen) atoms. The molecule has 0 spiro atoms. The van der Waals surface area contributed by atoms with E-state index in [1.807, 2.05) is 11.3 Å². The van der Waals surface area contributed by atoms with E-state index in [2.05, 4.69) is 57.3 Å². The molecular formula is C18H25BrS. The highest BCUT2D eigenvalue weighted by atomic mass is 79.9. The van der Waals surface area contributed by atoms with Gasteiger partial charge >= 0.3 is 0 Å². The lowest BCUT2D eigenvalue weighted by molar-refractivity contribution is 0.608. The van der Waals surface area contributed by atoms with Crippen LogP contribution in [0.5, 0.6) is 0 Å². The average molecular weight is 353 g/mol. The number of benzene rings is 1. The van der Waals surface area contributed by atoms with Crippen LogP contribution in [0.3, 0.4) is 0 Å². The van der Waals surface area contributed by atoms with E-state index in [1.54, 1.807) is 0 Å². The predicted octanol–water partition coefficient (Wildman–Crippen LogP) is 6.38. The zero-order valence-corrected chi connectivity index (χ0v) is 15.4. The molecule has 110 valence electrons. The zero-order valence-electron chi connectivity index (χ0n) is 12.9. The van der Waals surface area contributed by atoms with E-state index < -0.39 is 0 Å². The van der Waals surface area contributed by atoms with E-state index in [9.17, 15) is 0 Å². The van der Waals surface area contributed by atoms with Crippen LogP contribution in [0.15, 0.2) is 29.6 Å². The number of halogens is 1. The number of aryl methyl sites for hydroxylation is 4. The fourth-order valence-electron chi connectivity index (χ4n) is 2.56. The highest BCUT2D eigenvalue weighted by Gasteiger charge is 2.11. The summed E-state index contributed by atoms with van der Waals surface area (Å²) in [5.41, 5.74) is 5.73. The van der Waals surface area contributed by atoms with E-state index in [-0.39, 0.29) is 17.0 Å². The number of thiophene rings is 1. The zero-order chi connectivity index (χ0) is 13.8. The van der Waals surface area contributed by atoms with Gasteiger partial charge < -0.3 is 0 Å². The van der Waals surface area contributed by atoms with Gasteiger partial charge in [0.05, 0.1) is 0 Å². The van der Waals surface area contributed by atoms with Crippen molar-refractivity contribution in [3.8, 4) is 0 Å². The molecule has 0 bridgehead atoms. The van der Waals surface area contributed by atoms with Crippen molar-refractivity contribution in [2.24, 2.45) is 0 Å². The fraction of sp³-hybridized carbons (Fsp3) is 0.444. The minimum absolute atomic E-state index is 0. The molecule has 2 aromatic rings. The van der Waals surface area contributed by atoms with E-state index >= 15 is 0 Å². The Hall–Kier alpha value is -0.600. The normalized spacial score (nSPS) is 12.0. The molecule has 1 heterocycles. The van der Waals surface area contributed by atoms with E-state index in [4.69, 9.17) is 0 Å². The Bertz CT molecular complexity index is 542. The summed E-state index contributed by atoms with van der Waals surface area (Å²) < 4.78 is 0. The Labute approximate surface area is 138 Å². The van der Waals surface area contributed by atoms with Gasteiger partial charge in [0, 0.05) is 4.88 Å². The van der Waals surface area contributed by atoms with Crippen molar-refractivity contribution >= 4 is 28.3 Å². The van der Waals surface area contributed by atoms with Crippen LogP contribution in [-0.4, -0.2) is 0 Å². The lowest BCUT2D eigenvalue weighted by Crippen LogP contribution is -2.00. The molecular weight excluding hydrogens is 328 g/mol. The molecule has 1 atom stereocenters. The molecule has 1 aromatic heterocycles. The summed E-state index contributed by atoms with van der Waals surface area (Å²) >= 11 is 1.90. The molecule has 0 aliphatic heterocycles. The Morgan fingerprint density at radius 1 is 1.05 bits per heavy atom. The third kappa shape index (κ3) is 4.46. The van der Waals surface area contributed by atoms with E-state index in [1.165, 1.54) is 46.4 Å². The van der Waals surface area contributed by atoms with Gasteiger partial charge in [-0.05, 0) is 79.7 Å². The van der Waals surface area contributed by atoms with Crippen molar-refractivity contribution in [3.05, 3.63) is 56.8 Å². The van der Waals surface area contributed by atoms with Crippen molar-refractivity contribution in [1.82, 2.24) is 0 Å². The first-order valence-electron chi connectivity index (χ1n) is 7.21. The van der Waals surface area contributed by atoms with Crippen LogP contribution in [-0.2, 0) is 6.42 Å². The minimum Gasteiger partial charge on any atom is -0.149 e. The standard InChI is InChI=1S/C18H24S.BrH/c1-5-16(8-9-18-10-13(2)12-19-18)17-7-6-14(3)15(4)11-17;/h6-7,10-12,16H,5,8-9H2,1-4H3;1H. The molecule has 0 N–H and O–H groups in total. The molecule has 0 fully saturated rings. The number of hydrogen-bond acceptors (Lipinski definition) is 1. The van der Waals surface area contributed by atoms with Crippen LogP contribution >= 0.6 is 28.3 Å². The van der Waals surface area contributed by atoms with Crippen LogP contribution in [0, 0.1) is 20.8 Å². The molecule has 0 radical (unpaired) electrons. The first kappa shape index (κ1) is 17.5. The van der Waals surface area contributed by atoms with E-state index in [0.29, 0.717) is 5.92 Å². The maximum Gasteiger partial charge on any atom is 0.00481 e. The van der Waals surface area contributed by atoms with Crippen LogP contribution in [0.25, 0.3) is 0 Å². The van der Waals surface area contributed by atoms with Crippen LogP contribution < -0.4 is 0 Å². The maximum atomic E-state index is 2.38. The maximum absolute atomic E-state index is 2.38. The summed E-state index contributed by atoms with van der Waals surface area (Å²) in [5, 5.41) is 2.26. The molecule has 0 nitrogen and oxygen atoms in total. The second-order valence-electron chi connectivity index (χ2n) is 5.58. The third-order valence-corrected chi connectivity index (χ3v) is 5.13. The molecule has 0 amide bonds. The smallest absolute Gasteiger partial charge is 0.00481 e. The van der Waals surface area contributed by atoms with Crippen molar-refractivity contribution in [2.45, 2.75) is 52.9 Å². The first-order chi connectivity index (χ1) is 9.10. The Morgan fingerprint density at radius 2 is 1.80 bits per heavy atom. The predicted molar refractivity (Wildman–Crippen MR) is 96.6 cm³/mol. The fourth-order valence-corrected chi connectivity index (χ4v) is 3.46. The summed E-state index contributed by atoms with van der Waals surface area (Å²) in [6.45, 7) is 8.89. The second-order valence-corrected chi connectivity index (χ2v) is 6.57. The summed E-state index contributed by atoms with van der Waals surface area (Å²) in [6.07, 6.45) is 3.70. The Morgan fingerprint density at radius 3 is 2.35 bits per heavy atom. The lowest BCUT2D eigenvalue weighted by atomic mass is 9.89. The summed E-state index contributed by atoms with van der Waals surface area (Å²) in [5.74, 6) is 0.696. The second kappa shape index (κ2) is 7.99. The van der Waals surface area contributed by atoms with Gasteiger partial charge in [0.1, 0.15) is 0 Å². The van der Waals surface area contributed by atoms with Crippen LogP contribution in [0.4, 0.5) is 0 Å². The SMILES string of the molecule is Br.CCC(CCc1cc(C)cs1)c1ccc(C)c(C)c1. The highest BCUT2D eigenvalue weighted by Crippen LogP contribution is 2.28. The number of hydrogen-bond donors (Lipinski definition) is 0. The Kier molecular flexibility index (Phi) is 6.97. The number of rotatable bonds is 5. The van der Waals surface area contributed by atoms with Crippen LogP contribution in [0.2, 0.25) is 0 Å². The van der Waals surface area contributed by atoms with Crippen LogP contribution in [0.1, 0.15) is 52.8 Å². The first-order valence-corrected chi connectivity index (χ1v) is 8.09. The van der Waals surface area contributed by atoms with Gasteiger partial charge in [0.15, 0.2) is 0 Å². The monoisotopic (exact) mass is 352 g/mol. The molecule has 0 aliphatic rings. The summed E-state index contributed by atoms with van der Waals surface area (Å²) in [4.78, 5) is 1.53. The van der Waals surface area contributed by atoms with E-state index in [0.717, 1.165) is 0 Å². The molecule has 0 aliphatic carbocycles. The lowest BCUT2D eigenvalue weighted by Gasteiger charge is -2.16. The van der Waals surface area contributed by atoms with Gasteiger partial charge in [-0.3, -0.25) is 0 Å². The third-order valence-electron chi connectivity index (χ3n) is 4.02. The van der Waals surface area contributed by atoms with Gasteiger partial charge in [-0.2, -0.15) is 0 Å². The molecule has 2 heteroatoms. The van der Waals surface area contributed by atoms with Crippen molar-refractivity contribution in [3.63, 3.8) is 0 Å². The summed E-state index contributed by atoms with van der Waals surface area (Å²) in [7, 11) is 0. The minimum atomic E-state index is 0. The quantitative estimate of drug-likeness (QED) is 0.585. The molecule has 1 unspecified atom stereocenters. The van der Waals surface area contributed by atoms with Gasteiger partial charge in [0.25, 0.3) is 0 Å². The largest absolute Gasteiger partial charge is 0.149 e.